The molecule has 2 atom stereocenters. The van der Waals surface area contributed by atoms with Crippen LogP contribution in [0.1, 0.15) is 18.7 Å². The summed E-state index contributed by atoms with van der Waals surface area (Å²) in [5, 5.41) is 0. The molecule has 80 valence electrons. The van der Waals surface area contributed by atoms with Crippen LogP contribution >= 0.6 is 0 Å². The Morgan fingerprint density at radius 2 is 2.00 bits per heavy atom. The molecule has 0 amide bonds. The highest BCUT2D eigenvalue weighted by Gasteiger charge is 2.21. The van der Waals surface area contributed by atoms with Gasteiger partial charge in [0.05, 0.1) is 6.54 Å². The number of nitrogens with zero attached hydrogens (tertiary/aromatic N) is 1. The molecule has 0 N–H and O–H groups in total. The Hall–Kier alpha value is -1.33. The van der Waals surface area contributed by atoms with E-state index in [9.17, 15) is 4.39 Å². The maximum absolute atomic E-state index is 14.0. The lowest BCUT2D eigenvalue weighted by atomic mass is 10.0. The van der Waals surface area contributed by atoms with Gasteiger partial charge in [-0.15, -0.1) is 6.42 Å². The normalized spacial score (nSPS) is 14.6. The first kappa shape index (κ1) is 11.7. The Balaban J connectivity index is 2.69. The monoisotopic (exact) mass is 205 g/mol. The smallest absolute Gasteiger partial charge is 0.140 e. The number of likely N-dealkylation sites (N-methyl/N-ethyl adjacent to an activating group) is 1. The molecule has 1 aromatic rings. The summed E-state index contributed by atoms with van der Waals surface area (Å²) in [6.45, 7) is 2.31. The zero-order chi connectivity index (χ0) is 11.3. The molecule has 1 rings (SSSR count). The van der Waals surface area contributed by atoms with Crippen LogP contribution in [-0.2, 0) is 0 Å². The fraction of sp³-hybridized carbons (Fsp3) is 0.385. The van der Waals surface area contributed by atoms with Crippen LogP contribution in [0.25, 0.3) is 0 Å². The summed E-state index contributed by atoms with van der Waals surface area (Å²) in [7, 11) is 1.83. The van der Waals surface area contributed by atoms with E-state index in [0.717, 1.165) is 0 Å². The zero-order valence-corrected chi connectivity index (χ0v) is 9.15. The van der Waals surface area contributed by atoms with Crippen LogP contribution in [0.4, 0.5) is 4.39 Å². The van der Waals surface area contributed by atoms with Gasteiger partial charge in [-0.25, -0.2) is 4.39 Å². The summed E-state index contributed by atoms with van der Waals surface area (Å²) < 4.78 is 14.0. The largest absolute Gasteiger partial charge is 0.289 e. The lowest BCUT2D eigenvalue weighted by Crippen LogP contribution is -2.33. The molecule has 0 aliphatic heterocycles. The number of halogens is 1. The van der Waals surface area contributed by atoms with Crippen molar-refractivity contribution >= 4 is 0 Å². The summed E-state index contributed by atoms with van der Waals surface area (Å²) in [5.74, 6) is 2.51. The molecule has 0 radical (unpaired) electrons. The van der Waals surface area contributed by atoms with Crippen molar-refractivity contribution < 1.29 is 4.39 Å². The predicted molar refractivity (Wildman–Crippen MR) is 61.2 cm³/mol. The number of alkyl halides is 1. The molecule has 0 aromatic heterocycles. The lowest BCUT2D eigenvalue weighted by Gasteiger charge is -2.25. The van der Waals surface area contributed by atoms with Crippen molar-refractivity contribution in [2.45, 2.75) is 19.1 Å². The Morgan fingerprint density at radius 3 is 2.53 bits per heavy atom. The molecule has 0 spiro atoms. The van der Waals surface area contributed by atoms with Crippen LogP contribution in [0.15, 0.2) is 30.3 Å². The summed E-state index contributed by atoms with van der Waals surface area (Å²) in [6.07, 6.45) is 4.20. The molecule has 0 saturated heterocycles. The van der Waals surface area contributed by atoms with Gasteiger partial charge in [0.1, 0.15) is 6.17 Å². The SMILES string of the molecule is C#CCN(C)[C@H](C)[C@H](F)c1ccccc1. The third-order valence-corrected chi connectivity index (χ3v) is 2.58. The fourth-order valence-electron chi connectivity index (χ4n) is 1.43. The maximum atomic E-state index is 14.0. The van der Waals surface area contributed by atoms with E-state index in [-0.39, 0.29) is 6.04 Å². The first-order valence-electron chi connectivity index (χ1n) is 4.99. The highest BCUT2D eigenvalue weighted by atomic mass is 19.1. The van der Waals surface area contributed by atoms with Crippen LogP contribution < -0.4 is 0 Å². The van der Waals surface area contributed by atoms with E-state index in [1.807, 2.05) is 37.1 Å². The van der Waals surface area contributed by atoms with E-state index in [1.54, 1.807) is 12.1 Å². The molecule has 0 heterocycles. The van der Waals surface area contributed by atoms with Crippen molar-refractivity contribution in [3.05, 3.63) is 35.9 Å². The van der Waals surface area contributed by atoms with Gasteiger partial charge in [0.25, 0.3) is 0 Å². The van der Waals surface area contributed by atoms with Crippen LogP contribution in [0.2, 0.25) is 0 Å². The minimum Gasteiger partial charge on any atom is -0.289 e. The standard InChI is InChI=1S/C13H16FN/c1-4-10-15(3)11(2)13(14)12-8-6-5-7-9-12/h1,5-9,11,13H,10H2,2-3H3/t11-,13+/m1/s1. The molecule has 0 fully saturated rings. The topological polar surface area (TPSA) is 3.24 Å². The summed E-state index contributed by atoms with van der Waals surface area (Å²) in [5.41, 5.74) is 0.703. The molecular weight excluding hydrogens is 189 g/mol. The Morgan fingerprint density at radius 1 is 1.40 bits per heavy atom. The Kier molecular flexibility index (Phi) is 4.33. The average Bonchev–Trinajstić information content (AvgIpc) is 2.28. The van der Waals surface area contributed by atoms with Crippen molar-refractivity contribution in [2.75, 3.05) is 13.6 Å². The minimum atomic E-state index is -0.996. The van der Waals surface area contributed by atoms with Crippen molar-refractivity contribution in [3.63, 3.8) is 0 Å². The number of terminal acetylenes is 1. The van der Waals surface area contributed by atoms with Gasteiger partial charge in [-0.1, -0.05) is 36.3 Å². The summed E-state index contributed by atoms with van der Waals surface area (Å²) in [6, 6.07) is 8.96. The maximum Gasteiger partial charge on any atom is 0.140 e. The highest BCUT2D eigenvalue weighted by Crippen LogP contribution is 2.23. The molecule has 1 nitrogen and oxygen atoms in total. The zero-order valence-electron chi connectivity index (χ0n) is 9.15. The molecule has 0 bridgehead atoms. The van der Waals surface area contributed by atoms with Gasteiger partial charge >= 0.3 is 0 Å². The third kappa shape index (κ3) is 3.07. The van der Waals surface area contributed by atoms with Crippen LogP contribution in [-0.4, -0.2) is 24.5 Å². The van der Waals surface area contributed by atoms with E-state index in [2.05, 4.69) is 5.92 Å². The summed E-state index contributed by atoms with van der Waals surface area (Å²) in [4.78, 5) is 1.83. The average molecular weight is 205 g/mol. The predicted octanol–water partition coefficient (Wildman–Crippen LogP) is 2.65. The highest BCUT2D eigenvalue weighted by molar-refractivity contribution is 5.18. The van der Waals surface area contributed by atoms with E-state index in [4.69, 9.17) is 6.42 Å². The molecule has 2 heteroatoms. The van der Waals surface area contributed by atoms with E-state index >= 15 is 0 Å². The minimum absolute atomic E-state index is 0.205. The quantitative estimate of drug-likeness (QED) is 0.683. The fourth-order valence-corrected chi connectivity index (χ4v) is 1.43. The molecule has 0 aliphatic carbocycles. The second-order valence-corrected chi connectivity index (χ2v) is 3.67. The first-order valence-corrected chi connectivity index (χ1v) is 4.99. The van der Waals surface area contributed by atoms with Crippen molar-refractivity contribution in [3.8, 4) is 12.3 Å². The Bertz CT molecular complexity index is 328. The Labute approximate surface area is 90.9 Å². The first-order chi connectivity index (χ1) is 7.16. The van der Waals surface area contributed by atoms with Gasteiger partial charge in [0.2, 0.25) is 0 Å². The molecular formula is C13H16FN. The van der Waals surface area contributed by atoms with Crippen LogP contribution in [0.3, 0.4) is 0 Å². The van der Waals surface area contributed by atoms with Gasteiger partial charge < -0.3 is 0 Å². The second kappa shape index (κ2) is 5.53. The van der Waals surface area contributed by atoms with Crippen molar-refractivity contribution in [2.24, 2.45) is 0 Å². The lowest BCUT2D eigenvalue weighted by molar-refractivity contribution is 0.162. The summed E-state index contributed by atoms with van der Waals surface area (Å²) >= 11 is 0. The number of rotatable bonds is 4. The van der Waals surface area contributed by atoms with E-state index < -0.39 is 6.17 Å². The van der Waals surface area contributed by atoms with Gasteiger partial charge in [-0.05, 0) is 19.5 Å². The van der Waals surface area contributed by atoms with Gasteiger partial charge in [-0.3, -0.25) is 4.90 Å². The third-order valence-electron chi connectivity index (χ3n) is 2.58. The van der Waals surface area contributed by atoms with Gasteiger partial charge in [-0.2, -0.15) is 0 Å². The van der Waals surface area contributed by atoms with Crippen LogP contribution in [0.5, 0.6) is 0 Å². The second-order valence-electron chi connectivity index (χ2n) is 3.67. The molecule has 0 aliphatic rings. The van der Waals surface area contributed by atoms with Gasteiger partial charge in [0.15, 0.2) is 0 Å². The van der Waals surface area contributed by atoms with E-state index in [1.165, 1.54) is 0 Å². The molecule has 0 saturated carbocycles. The number of hydrogen-bond donors (Lipinski definition) is 0. The van der Waals surface area contributed by atoms with Crippen molar-refractivity contribution in [1.82, 2.24) is 4.90 Å². The number of hydrogen-bond acceptors (Lipinski definition) is 1. The molecule has 1 aromatic carbocycles. The number of benzene rings is 1. The molecule has 15 heavy (non-hydrogen) atoms. The van der Waals surface area contributed by atoms with Crippen LogP contribution in [0, 0.1) is 12.3 Å². The van der Waals surface area contributed by atoms with Gasteiger partial charge in [0, 0.05) is 6.04 Å². The van der Waals surface area contributed by atoms with Crippen molar-refractivity contribution in [1.29, 1.82) is 0 Å². The van der Waals surface area contributed by atoms with E-state index in [0.29, 0.717) is 12.1 Å². The molecule has 0 unspecified atom stereocenters.